The summed E-state index contributed by atoms with van der Waals surface area (Å²) < 4.78 is 2.47. The number of hydrogen-bond donors (Lipinski definition) is 1. The predicted molar refractivity (Wildman–Crippen MR) is 80.4 cm³/mol. The molecule has 4 rings (SSSR count). The van der Waals surface area contributed by atoms with Gasteiger partial charge < -0.3 is 5.32 Å². The summed E-state index contributed by atoms with van der Waals surface area (Å²) in [4.78, 5) is 4.96. The molecule has 1 aromatic heterocycles. The molecule has 2 aliphatic rings. The Labute approximate surface area is 120 Å². The first-order valence-electron chi connectivity index (χ1n) is 7.63. The number of aryl methyl sites for hydroxylation is 1. The van der Waals surface area contributed by atoms with Crippen LogP contribution in [0.4, 0.5) is 0 Å². The molecular formula is C17H21N3. The Balaban J connectivity index is 1.95. The first-order valence-corrected chi connectivity index (χ1v) is 7.63. The maximum Gasteiger partial charge on any atom is 0.116 e. The van der Waals surface area contributed by atoms with E-state index in [1.165, 1.54) is 46.9 Å². The van der Waals surface area contributed by atoms with Crippen molar-refractivity contribution in [2.75, 3.05) is 6.54 Å². The van der Waals surface area contributed by atoms with E-state index < -0.39 is 0 Å². The maximum atomic E-state index is 4.96. The maximum absolute atomic E-state index is 4.96. The van der Waals surface area contributed by atoms with Crippen LogP contribution in [0.15, 0.2) is 18.2 Å². The molecule has 0 unspecified atom stereocenters. The van der Waals surface area contributed by atoms with Gasteiger partial charge in [-0.25, -0.2) is 4.98 Å². The van der Waals surface area contributed by atoms with Crippen LogP contribution >= 0.6 is 0 Å². The smallest absolute Gasteiger partial charge is 0.116 e. The molecule has 0 radical (unpaired) electrons. The molecule has 0 saturated heterocycles. The van der Waals surface area contributed by atoms with Gasteiger partial charge in [-0.3, -0.25) is 4.57 Å². The zero-order valence-electron chi connectivity index (χ0n) is 12.2. The fourth-order valence-corrected chi connectivity index (χ4v) is 3.19. The van der Waals surface area contributed by atoms with E-state index in [9.17, 15) is 0 Å². The van der Waals surface area contributed by atoms with Gasteiger partial charge in [-0.15, -0.1) is 0 Å². The topological polar surface area (TPSA) is 29.9 Å². The summed E-state index contributed by atoms with van der Waals surface area (Å²) in [5, 5.41) is 3.44. The molecule has 1 aliphatic carbocycles. The van der Waals surface area contributed by atoms with Crippen molar-refractivity contribution < 1.29 is 0 Å². The van der Waals surface area contributed by atoms with Crippen LogP contribution < -0.4 is 5.32 Å². The molecule has 0 atom stereocenters. The van der Waals surface area contributed by atoms with E-state index in [1.54, 1.807) is 0 Å². The molecule has 3 heteroatoms. The average Bonchev–Trinajstić information content (AvgIpc) is 3.23. The SMILES string of the molecule is Cc1cccc(-n2c(C3CC3)nc3c2CCNC3)c1C. The van der Waals surface area contributed by atoms with Crippen LogP contribution in [0.2, 0.25) is 0 Å². The third-order valence-corrected chi connectivity index (χ3v) is 4.67. The second-order valence-corrected chi connectivity index (χ2v) is 6.12. The number of rotatable bonds is 2. The molecule has 3 nitrogen and oxygen atoms in total. The van der Waals surface area contributed by atoms with Gasteiger partial charge in [0, 0.05) is 31.1 Å². The van der Waals surface area contributed by atoms with Crippen LogP contribution in [0.25, 0.3) is 5.69 Å². The first kappa shape index (κ1) is 12.2. The molecule has 104 valence electrons. The summed E-state index contributed by atoms with van der Waals surface area (Å²) >= 11 is 0. The van der Waals surface area contributed by atoms with Gasteiger partial charge in [0.15, 0.2) is 0 Å². The number of benzene rings is 1. The first-order chi connectivity index (χ1) is 9.75. The standard InChI is InChI=1S/C17H21N3/c1-11-4-3-5-15(12(11)2)20-16-8-9-18-10-14(16)19-17(20)13-6-7-13/h3-5,13,18H,6-10H2,1-2H3. The Morgan fingerprint density at radius 2 is 2.10 bits per heavy atom. The predicted octanol–water partition coefficient (Wildman–Crippen LogP) is 3.01. The van der Waals surface area contributed by atoms with Crippen LogP contribution in [0.1, 0.15) is 47.1 Å². The van der Waals surface area contributed by atoms with Crippen molar-refractivity contribution in [3.63, 3.8) is 0 Å². The van der Waals surface area contributed by atoms with E-state index in [0.29, 0.717) is 5.92 Å². The minimum Gasteiger partial charge on any atom is -0.311 e. The molecule has 0 amide bonds. The van der Waals surface area contributed by atoms with E-state index in [0.717, 1.165) is 19.5 Å². The zero-order chi connectivity index (χ0) is 13.7. The van der Waals surface area contributed by atoms with Crippen molar-refractivity contribution in [1.29, 1.82) is 0 Å². The van der Waals surface area contributed by atoms with E-state index >= 15 is 0 Å². The highest BCUT2D eigenvalue weighted by molar-refractivity contribution is 5.48. The Morgan fingerprint density at radius 1 is 1.25 bits per heavy atom. The molecule has 2 heterocycles. The molecule has 2 aromatic rings. The molecule has 1 fully saturated rings. The Morgan fingerprint density at radius 3 is 2.90 bits per heavy atom. The average molecular weight is 267 g/mol. The van der Waals surface area contributed by atoms with Gasteiger partial charge in [-0.1, -0.05) is 12.1 Å². The summed E-state index contributed by atoms with van der Waals surface area (Å²) in [7, 11) is 0. The van der Waals surface area contributed by atoms with Gasteiger partial charge in [0.2, 0.25) is 0 Å². The highest BCUT2D eigenvalue weighted by atomic mass is 15.1. The van der Waals surface area contributed by atoms with Gasteiger partial charge in [0.05, 0.1) is 11.4 Å². The summed E-state index contributed by atoms with van der Waals surface area (Å²) in [6.45, 7) is 6.41. The van der Waals surface area contributed by atoms with Crippen molar-refractivity contribution in [2.45, 2.75) is 45.6 Å². The number of aromatic nitrogens is 2. The van der Waals surface area contributed by atoms with Crippen molar-refractivity contribution in [2.24, 2.45) is 0 Å². The Bertz CT molecular complexity index is 665. The second-order valence-electron chi connectivity index (χ2n) is 6.12. The quantitative estimate of drug-likeness (QED) is 0.906. The normalized spacial score (nSPS) is 18.1. The lowest BCUT2D eigenvalue weighted by Gasteiger charge is -2.18. The summed E-state index contributed by atoms with van der Waals surface area (Å²) in [6.07, 6.45) is 3.69. The zero-order valence-corrected chi connectivity index (χ0v) is 12.2. The third kappa shape index (κ3) is 1.80. The van der Waals surface area contributed by atoms with Crippen molar-refractivity contribution in [1.82, 2.24) is 14.9 Å². The van der Waals surface area contributed by atoms with Crippen LogP contribution in [0, 0.1) is 13.8 Å². The van der Waals surface area contributed by atoms with Crippen LogP contribution in [0.3, 0.4) is 0 Å². The fourth-order valence-electron chi connectivity index (χ4n) is 3.19. The number of hydrogen-bond acceptors (Lipinski definition) is 2. The lowest BCUT2D eigenvalue weighted by atomic mass is 10.1. The Kier molecular flexibility index (Phi) is 2.71. The molecule has 0 spiro atoms. The number of imidazole rings is 1. The third-order valence-electron chi connectivity index (χ3n) is 4.67. The second kappa shape index (κ2) is 4.45. The number of nitrogens with zero attached hydrogens (tertiary/aromatic N) is 2. The van der Waals surface area contributed by atoms with Gasteiger partial charge >= 0.3 is 0 Å². The minimum absolute atomic E-state index is 0.681. The fraction of sp³-hybridized carbons (Fsp3) is 0.471. The monoisotopic (exact) mass is 267 g/mol. The van der Waals surface area contributed by atoms with E-state index in [1.807, 2.05) is 0 Å². The lowest BCUT2D eigenvalue weighted by molar-refractivity contribution is 0.619. The summed E-state index contributed by atoms with van der Waals surface area (Å²) in [5.41, 5.74) is 6.77. The molecule has 1 saturated carbocycles. The molecular weight excluding hydrogens is 246 g/mol. The van der Waals surface area contributed by atoms with Gasteiger partial charge in [0.1, 0.15) is 5.82 Å². The van der Waals surface area contributed by atoms with Gasteiger partial charge in [-0.05, 0) is 43.9 Å². The lowest BCUT2D eigenvalue weighted by Crippen LogP contribution is -2.25. The van der Waals surface area contributed by atoms with Crippen molar-refractivity contribution in [3.8, 4) is 5.69 Å². The highest BCUT2D eigenvalue weighted by Gasteiger charge is 2.32. The van der Waals surface area contributed by atoms with Crippen LogP contribution in [-0.2, 0) is 13.0 Å². The number of nitrogens with one attached hydrogen (secondary N) is 1. The summed E-state index contributed by atoms with van der Waals surface area (Å²) in [5.74, 6) is 1.98. The molecule has 0 bridgehead atoms. The minimum atomic E-state index is 0.681. The Hall–Kier alpha value is -1.61. The highest BCUT2D eigenvalue weighted by Crippen LogP contribution is 2.42. The molecule has 1 aromatic carbocycles. The molecule has 20 heavy (non-hydrogen) atoms. The van der Waals surface area contributed by atoms with E-state index in [-0.39, 0.29) is 0 Å². The van der Waals surface area contributed by atoms with Gasteiger partial charge in [0.25, 0.3) is 0 Å². The number of fused-ring (bicyclic) bond motifs is 1. The van der Waals surface area contributed by atoms with Gasteiger partial charge in [-0.2, -0.15) is 0 Å². The van der Waals surface area contributed by atoms with Crippen molar-refractivity contribution >= 4 is 0 Å². The molecule has 1 N–H and O–H groups in total. The van der Waals surface area contributed by atoms with Crippen LogP contribution in [0.5, 0.6) is 0 Å². The summed E-state index contributed by atoms with van der Waals surface area (Å²) in [6, 6.07) is 6.61. The van der Waals surface area contributed by atoms with E-state index in [4.69, 9.17) is 4.98 Å². The largest absolute Gasteiger partial charge is 0.311 e. The van der Waals surface area contributed by atoms with E-state index in [2.05, 4.69) is 41.9 Å². The van der Waals surface area contributed by atoms with Crippen molar-refractivity contribution in [3.05, 3.63) is 46.5 Å². The van der Waals surface area contributed by atoms with Crippen LogP contribution in [-0.4, -0.2) is 16.1 Å². The molecule has 1 aliphatic heterocycles.